The summed E-state index contributed by atoms with van der Waals surface area (Å²) >= 11 is 2.77. The van der Waals surface area contributed by atoms with Crippen LogP contribution in [0.2, 0.25) is 0 Å². The van der Waals surface area contributed by atoms with Gasteiger partial charge in [0.25, 0.3) is 11.8 Å². The highest BCUT2D eigenvalue weighted by Gasteiger charge is 2.45. The number of anilines is 3. The fourth-order valence-corrected chi connectivity index (χ4v) is 9.25. The predicted molar refractivity (Wildman–Crippen MR) is 175 cm³/mol. The molecule has 2 amide bonds. The summed E-state index contributed by atoms with van der Waals surface area (Å²) in [6, 6.07) is 12.7. The first-order valence-electron chi connectivity index (χ1n) is 15.4. The highest BCUT2D eigenvalue weighted by atomic mass is 32.1. The van der Waals surface area contributed by atoms with Gasteiger partial charge < -0.3 is 25.0 Å². The molecule has 230 valence electrons. The highest BCUT2D eigenvalue weighted by molar-refractivity contribution is 7.23. The van der Waals surface area contributed by atoms with Crippen LogP contribution in [0.25, 0.3) is 9.75 Å². The van der Waals surface area contributed by atoms with Gasteiger partial charge in [0.2, 0.25) is 0 Å². The molecule has 45 heavy (non-hydrogen) atoms. The zero-order valence-electron chi connectivity index (χ0n) is 24.6. The average Bonchev–Trinajstić information content (AvgIpc) is 3.78. The van der Waals surface area contributed by atoms with Crippen LogP contribution in [0.3, 0.4) is 0 Å². The van der Waals surface area contributed by atoms with Crippen LogP contribution in [0, 0.1) is 5.41 Å². The number of ether oxygens (including phenoxy) is 1. The van der Waals surface area contributed by atoms with Crippen molar-refractivity contribution < 1.29 is 24.2 Å². The number of hydrogen-bond acceptors (Lipinski definition) is 8. The van der Waals surface area contributed by atoms with Crippen molar-refractivity contribution in [2.45, 2.75) is 38.5 Å². The lowest BCUT2D eigenvalue weighted by Crippen LogP contribution is -2.59. The fraction of sp³-hybridized carbons (Fsp3) is 0.353. The molecule has 4 aromatic rings. The minimum atomic E-state index is -0.932. The fourth-order valence-electron chi connectivity index (χ4n) is 7.11. The van der Waals surface area contributed by atoms with Crippen molar-refractivity contribution in [1.29, 1.82) is 0 Å². The van der Waals surface area contributed by atoms with Crippen LogP contribution >= 0.6 is 22.7 Å². The number of amides is 2. The Bertz CT molecular complexity index is 1830. The van der Waals surface area contributed by atoms with Crippen LogP contribution < -0.4 is 15.1 Å². The van der Waals surface area contributed by atoms with E-state index in [-0.39, 0.29) is 17.2 Å². The van der Waals surface area contributed by atoms with Crippen molar-refractivity contribution in [3.8, 4) is 9.75 Å². The number of fused-ring (bicyclic) bond motifs is 4. The lowest BCUT2D eigenvalue weighted by Gasteiger charge is -2.53. The summed E-state index contributed by atoms with van der Waals surface area (Å²) in [7, 11) is 0. The highest BCUT2D eigenvalue weighted by Crippen LogP contribution is 2.46. The Morgan fingerprint density at radius 3 is 2.53 bits per heavy atom. The summed E-state index contributed by atoms with van der Waals surface area (Å²) in [5.74, 6) is -0.486. The monoisotopic (exact) mass is 640 g/mol. The number of nitrogens with one attached hydrogen (secondary N) is 1. The summed E-state index contributed by atoms with van der Waals surface area (Å²) in [5, 5.41) is 14.5. The average molecular weight is 641 g/mol. The Labute approximate surface area is 268 Å². The van der Waals surface area contributed by atoms with Gasteiger partial charge in [0, 0.05) is 55.2 Å². The first-order valence-corrected chi connectivity index (χ1v) is 17.1. The largest absolute Gasteiger partial charge is 0.477 e. The van der Waals surface area contributed by atoms with E-state index in [1.165, 1.54) is 22.7 Å². The molecule has 9 nitrogen and oxygen atoms in total. The molecule has 8 rings (SSSR count). The zero-order chi connectivity index (χ0) is 30.7. The number of aryl methyl sites for hydroxylation is 2. The Morgan fingerprint density at radius 1 is 0.956 bits per heavy atom. The Hall–Kier alpha value is -4.06. The van der Waals surface area contributed by atoms with Gasteiger partial charge in [-0.25, -0.2) is 9.78 Å². The summed E-state index contributed by atoms with van der Waals surface area (Å²) in [6.45, 7) is 3.84. The maximum absolute atomic E-state index is 13.7. The van der Waals surface area contributed by atoms with Gasteiger partial charge in [-0.1, -0.05) is 0 Å². The van der Waals surface area contributed by atoms with Crippen LogP contribution in [0.5, 0.6) is 0 Å². The number of aromatic nitrogens is 1. The normalized spacial score (nSPS) is 18.0. The Kier molecular flexibility index (Phi) is 7.00. The van der Waals surface area contributed by atoms with Gasteiger partial charge in [0.05, 0.1) is 21.0 Å². The van der Waals surface area contributed by atoms with E-state index in [9.17, 15) is 19.5 Å². The molecule has 1 spiro atoms. The molecule has 3 aliphatic heterocycles. The quantitative estimate of drug-likeness (QED) is 0.270. The molecule has 0 saturated carbocycles. The van der Waals surface area contributed by atoms with E-state index in [2.05, 4.69) is 10.2 Å². The molecule has 1 aliphatic carbocycles. The molecule has 2 fully saturated rings. The number of carboxylic acids is 1. The zero-order valence-corrected chi connectivity index (χ0v) is 26.3. The number of carbonyl (C=O) groups excluding carboxylic acids is 2. The first-order chi connectivity index (χ1) is 21.9. The number of thiophene rings is 2. The maximum Gasteiger partial charge on any atom is 0.345 e. The summed E-state index contributed by atoms with van der Waals surface area (Å²) in [6.07, 6.45) is 5.62. The van der Waals surface area contributed by atoms with E-state index in [4.69, 9.17) is 9.72 Å². The summed E-state index contributed by atoms with van der Waals surface area (Å²) in [5.41, 5.74) is 6.01. The molecule has 0 bridgehead atoms. The molecule has 0 unspecified atom stereocenters. The predicted octanol–water partition coefficient (Wildman–Crippen LogP) is 6.13. The molecule has 0 atom stereocenters. The van der Waals surface area contributed by atoms with Gasteiger partial charge in [-0.15, -0.1) is 22.7 Å². The molecular weight excluding hydrogens is 609 g/mol. The number of rotatable bonds is 5. The lowest BCUT2D eigenvalue weighted by molar-refractivity contribution is -0.000521. The van der Waals surface area contributed by atoms with E-state index < -0.39 is 5.97 Å². The molecular formula is C34H32N4O5S2. The van der Waals surface area contributed by atoms with Crippen molar-refractivity contribution >= 4 is 57.6 Å². The molecule has 2 N–H and O–H groups in total. The molecule has 3 aromatic heterocycles. The smallest absolute Gasteiger partial charge is 0.345 e. The number of aromatic carboxylic acids is 1. The molecule has 2 saturated heterocycles. The topological polar surface area (TPSA) is 112 Å². The molecule has 4 aliphatic rings. The Balaban J connectivity index is 1.00. The lowest BCUT2D eigenvalue weighted by atomic mass is 9.73. The van der Waals surface area contributed by atoms with Crippen LogP contribution in [0.1, 0.15) is 66.5 Å². The second-order valence-electron chi connectivity index (χ2n) is 12.4. The van der Waals surface area contributed by atoms with E-state index in [1.807, 2.05) is 17.5 Å². The van der Waals surface area contributed by atoms with Crippen LogP contribution in [-0.4, -0.2) is 60.7 Å². The number of benzene rings is 1. The molecule has 6 heterocycles. The number of hydrogen-bond donors (Lipinski definition) is 2. The third-order valence-electron chi connectivity index (χ3n) is 9.58. The van der Waals surface area contributed by atoms with Gasteiger partial charge in [0.15, 0.2) is 0 Å². The molecule has 0 radical (unpaired) electrons. The second-order valence-corrected chi connectivity index (χ2v) is 14.4. The first kappa shape index (κ1) is 28.4. The SMILES string of the molecule is O=C(O)c1cc2c(s1)-c1sccc1N(C(=O)c1ccc(NC(=O)c3cc4c(nc3N3CC5(CCOCC5)C3)CCC4)cc1)CC2. The molecule has 11 heteroatoms. The van der Waals surface area contributed by atoms with Crippen LogP contribution in [-0.2, 0) is 24.0 Å². The number of pyridine rings is 1. The van der Waals surface area contributed by atoms with Crippen molar-refractivity contribution in [1.82, 2.24) is 4.98 Å². The van der Waals surface area contributed by atoms with Crippen molar-refractivity contribution in [3.05, 3.63) is 80.7 Å². The van der Waals surface area contributed by atoms with E-state index >= 15 is 0 Å². The standard InChI is InChI=1S/C34H32N4O5S2/c39-31(24-16-21-2-1-3-25(21)36-30(24)37-18-34(19-37)10-13-43-14-11-34)35-23-6-4-20(5-7-23)32(40)38-12-8-22-17-27(33(41)42)45-28(22)29-26(38)9-15-44-29/h4-7,9,15-17H,1-3,8,10-14,18-19H2,(H,35,39)(H,41,42). The number of carboxylic acid groups (broad SMARTS) is 1. The Morgan fingerprint density at radius 2 is 1.76 bits per heavy atom. The third kappa shape index (κ3) is 5.03. The summed E-state index contributed by atoms with van der Waals surface area (Å²) in [4.78, 5) is 50.2. The minimum absolute atomic E-state index is 0.133. The van der Waals surface area contributed by atoms with Crippen molar-refractivity contribution in [2.75, 3.05) is 48.0 Å². The maximum atomic E-state index is 13.7. The number of nitrogens with zero attached hydrogens (tertiary/aromatic N) is 3. The van der Waals surface area contributed by atoms with Gasteiger partial charge in [-0.05, 0) is 97.5 Å². The van der Waals surface area contributed by atoms with Gasteiger partial charge >= 0.3 is 5.97 Å². The summed E-state index contributed by atoms with van der Waals surface area (Å²) < 4.78 is 5.59. The van der Waals surface area contributed by atoms with E-state index in [1.54, 1.807) is 35.2 Å². The van der Waals surface area contributed by atoms with Crippen LogP contribution in [0.15, 0.2) is 47.8 Å². The van der Waals surface area contributed by atoms with E-state index in [0.29, 0.717) is 34.7 Å². The van der Waals surface area contributed by atoms with Gasteiger partial charge in [-0.2, -0.15) is 0 Å². The van der Waals surface area contributed by atoms with Crippen molar-refractivity contribution in [2.24, 2.45) is 5.41 Å². The number of carbonyl (C=O) groups is 3. The third-order valence-corrected chi connectivity index (χ3v) is 11.8. The van der Waals surface area contributed by atoms with Gasteiger partial charge in [0.1, 0.15) is 10.7 Å². The minimum Gasteiger partial charge on any atom is -0.477 e. The van der Waals surface area contributed by atoms with Gasteiger partial charge in [-0.3, -0.25) is 9.59 Å². The van der Waals surface area contributed by atoms with Crippen LogP contribution in [0.4, 0.5) is 17.2 Å². The van der Waals surface area contributed by atoms with Crippen molar-refractivity contribution in [3.63, 3.8) is 0 Å². The molecule has 1 aromatic carbocycles. The van der Waals surface area contributed by atoms with E-state index in [0.717, 1.165) is 96.5 Å². The second kappa shape index (κ2) is 11.1.